The number of nitrogens with zero attached hydrogens (tertiary/aromatic N) is 2. The molecule has 3 aromatic rings. The molecule has 4 N–H and O–H groups in total. The van der Waals surface area contributed by atoms with Gasteiger partial charge in [-0.1, -0.05) is 12.1 Å². The van der Waals surface area contributed by atoms with Crippen molar-refractivity contribution < 1.29 is 41.0 Å². The summed E-state index contributed by atoms with van der Waals surface area (Å²) < 4.78 is 70.9. The number of methoxy groups -OCH3 is 2. The number of carboxylic acids is 1. The van der Waals surface area contributed by atoms with Crippen molar-refractivity contribution in [3.05, 3.63) is 42.5 Å². The van der Waals surface area contributed by atoms with Crippen LogP contribution < -0.4 is 24.8 Å². The summed E-state index contributed by atoms with van der Waals surface area (Å²) in [4.78, 5) is 18.5. The van der Waals surface area contributed by atoms with E-state index in [-0.39, 0.29) is 4.90 Å². The van der Waals surface area contributed by atoms with E-state index in [9.17, 15) is 21.6 Å². The molecule has 0 aliphatic heterocycles. The van der Waals surface area contributed by atoms with Crippen LogP contribution in [0, 0.1) is 11.8 Å². The molecule has 1 aromatic heterocycles. The summed E-state index contributed by atoms with van der Waals surface area (Å²) in [6.07, 6.45) is 1.29. The predicted molar refractivity (Wildman–Crippen MR) is 159 cm³/mol. The molecule has 5 rings (SSSR count). The zero-order valence-electron chi connectivity index (χ0n) is 24.4. The molecule has 2 aliphatic rings. The summed E-state index contributed by atoms with van der Waals surface area (Å²) in [5.74, 6) is 0.375. The van der Waals surface area contributed by atoms with Crippen LogP contribution in [0.2, 0.25) is 0 Å². The monoisotopic (exact) mass is 639 g/mol. The third kappa shape index (κ3) is 9.08. The second-order valence-corrected chi connectivity index (χ2v) is 12.5. The SMILES string of the molecule is COc1ccc(OC)c(S(=O)(=O)NCC2CCC(CNc3nc(NC4CC4)c4ccccc4n3)CC2)c1.O=C(O)C(F)(F)F. The topological polar surface area (TPSA) is 152 Å². The van der Waals surface area contributed by atoms with Gasteiger partial charge in [0.15, 0.2) is 0 Å². The first-order valence-electron chi connectivity index (χ1n) is 14.2. The number of hydrogen-bond donors (Lipinski definition) is 4. The van der Waals surface area contributed by atoms with Crippen LogP contribution in [0.4, 0.5) is 24.9 Å². The van der Waals surface area contributed by atoms with Crippen molar-refractivity contribution in [2.45, 2.75) is 55.6 Å². The standard InChI is InChI=1S/C27H35N5O4S.C2HF3O2/c1-35-21-13-14-24(36-2)25(15-21)37(33,34)29-17-19-9-7-18(8-10-19)16-28-27-31-23-6-4-3-5-22(23)26(32-27)30-20-11-12-20;3-2(4,5)1(6)7/h3-6,13-15,18-20,29H,7-12,16-17H2,1-2H3,(H2,28,30,31,32);(H,6,7). The molecule has 0 atom stereocenters. The number of para-hydroxylation sites is 1. The van der Waals surface area contributed by atoms with Crippen LogP contribution in [0.3, 0.4) is 0 Å². The Morgan fingerprint density at radius 3 is 2.18 bits per heavy atom. The lowest BCUT2D eigenvalue weighted by atomic mass is 9.82. The Labute approximate surface area is 253 Å². The maximum absolute atomic E-state index is 13.0. The second-order valence-electron chi connectivity index (χ2n) is 10.8. The van der Waals surface area contributed by atoms with Crippen molar-refractivity contribution in [1.82, 2.24) is 14.7 Å². The van der Waals surface area contributed by atoms with Crippen LogP contribution in [0.1, 0.15) is 38.5 Å². The van der Waals surface area contributed by atoms with E-state index in [1.807, 2.05) is 18.2 Å². The summed E-state index contributed by atoms with van der Waals surface area (Å²) in [5, 5.41) is 15.2. The van der Waals surface area contributed by atoms with Crippen LogP contribution >= 0.6 is 0 Å². The first-order chi connectivity index (χ1) is 20.9. The Kier molecular flexibility index (Phi) is 10.7. The van der Waals surface area contributed by atoms with E-state index in [0.29, 0.717) is 41.9 Å². The smallest absolute Gasteiger partial charge is 0.490 e. The fourth-order valence-electron chi connectivity index (χ4n) is 4.86. The molecule has 0 spiro atoms. The molecule has 2 saturated carbocycles. The van der Waals surface area contributed by atoms with Gasteiger partial charge in [0, 0.05) is 30.6 Å². The average molecular weight is 640 g/mol. The highest BCUT2D eigenvalue weighted by Crippen LogP contribution is 2.32. The van der Waals surface area contributed by atoms with Gasteiger partial charge < -0.3 is 25.2 Å². The highest BCUT2D eigenvalue weighted by atomic mass is 32.2. The van der Waals surface area contributed by atoms with Gasteiger partial charge in [-0.2, -0.15) is 18.2 Å². The molecular formula is C29H36F3N5O6S. The molecule has 0 unspecified atom stereocenters. The quantitative estimate of drug-likeness (QED) is 0.224. The van der Waals surface area contributed by atoms with Gasteiger partial charge in [0.25, 0.3) is 0 Å². The lowest BCUT2D eigenvalue weighted by Gasteiger charge is -2.28. The largest absolute Gasteiger partial charge is 0.497 e. The molecule has 0 radical (unpaired) electrons. The summed E-state index contributed by atoms with van der Waals surface area (Å²) in [6, 6.07) is 13.4. The van der Waals surface area contributed by atoms with E-state index in [1.165, 1.54) is 33.1 Å². The Hall–Kier alpha value is -3.85. The molecule has 2 aliphatic carbocycles. The van der Waals surface area contributed by atoms with Crippen LogP contribution in [0.15, 0.2) is 47.4 Å². The van der Waals surface area contributed by atoms with E-state index in [0.717, 1.165) is 48.9 Å². The van der Waals surface area contributed by atoms with E-state index in [1.54, 1.807) is 12.1 Å². The zero-order chi connectivity index (χ0) is 31.9. The predicted octanol–water partition coefficient (Wildman–Crippen LogP) is 5.05. The van der Waals surface area contributed by atoms with Gasteiger partial charge in [0.2, 0.25) is 16.0 Å². The fourth-order valence-corrected chi connectivity index (χ4v) is 6.16. The number of alkyl halides is 3. The van der Waals surface area contributed by atoms with Gasteiger partial charge >= 0.3 is 12.1 Å². The number of aromatic nitrogens is 2. The lowest BCUT2D eigenvalue weighted by molar-refractivity contribution is -0.192. The number of halogens is 3. The maximum Gasteiger partial charge on any atom is 0.490 e. The minimum Gasteiger partial charge on any atom is -0.497 e. The van der Waals surface area contributed by atoms with Crippen molar-refractivity contribution in [1.29, 1.82) is 0 Å². The van der Waals surface area contributed by atoms with Crippen LogP contribution in [0.5, 0.6) is 11.5 Å². The number of hydrogen-bond acceptors (Lipinski definition) is 9. The normalized spacial score (nSPS) is 18.6. The summed E-state index contributed by atoms with van der Waals surface area (Å²) in [7, 11) is -0.740. The van der Waals surface area contributed by atoms with Crippen molar-refractivity contribution in [2.75, 3.05) is 37.9 Å². The third-order valence-corrected chi connectivity index (χ3v) is 8.95. The molecule has 0 amide bonds. The molecule has 0 bridgehead atoms. The van der Waals surface area contributed by atoms with E-state index in [4.69, 9.17) is 29.3 Å². The number of aliphatic carboxylic acids is 1. The van der Waals surface area contributed by atoms with Gasteiger partial charge in [-0.05, 0) is 74.6 Å². The number of sulfonamides is 1. The highest BCUT2D eigenvalue weighted by molar-refractivity contribution is 7.89. The third-order valence-electron chi connectivity index (χ3n) is 7.50. The molecule has 2 aromatic carbocycles. The van der Waals surface area contributed by atoms with E-state index in [2.05, 4.69) is 21.4 Å². The van der Waals surface area contributed by atoms with Gasteiger partial charge in [-0.15, -0.1) is 0 Å². The molecule has 11 nitrogen and oxygen atoms in total. The second kappa shape index (κ2) is 14.3. The van der Waals surface area contributed by atoms with Gasteiger partial charge in [0.05, 0.1) is 19.7 Å². The van der Waals surface area contributed by atoms with Crippen LogP contribution in [-0.4, -0.2) is 69.0 Å². The molecule has 1 heterocycles. The van der Waals surface area contributed by atoms with Crippen LogP contribution in [-0.2, 0) is 14.8 Å². The number of ether oxygens (including phenoxy) is 2. The molecule has 44 heavy (non-hydrogen) atoms. The zero-order valence-corrected chi connectivity index (χ0v) is 25.2. The number of rotatable bonds is 11. The van der Waals surface area contributed by atoms with E-state index >= 15 is 0 Å². The molecule has 2 fully saturated rings. The molecule has 0 saturated heterocycles. The average Bonchev–Trinajstić information content (AvgIpc) is 3.83. The maximum atomic E-state index is 13.0. The Bertz CT molecular complexity index is 1540. The Balaban J connectivity index is 0.000000566. The highest BCUT2D eigenvalue weighted by Gasteiger charge is 2.38. The van der Waals surface area contributed by atoms with E-state index < -0.39 is 22.2 Å². The van der Waals surface area contributed by atoms with Crippen LogP contribution in [0.25, 0.3) is 10.9 Å². The molecular weight excluding hydrogens is 603 g/mol. The van der Waals surface area contributed by atoms with Gasteiger partial charge in [-0.25, -0.2) is 22.9 Å². The summed E-state index contributed by atoms with van der Waals surface area (Å²) in [6.45, 7) is 1.22. The Morgan fingerprint density at radius 1 is 0.955 bits per heavy atom. The Morgan fingerprint density at radius 2 is 1.59 bits per heavy atom. The fraction of sp³-hybridized carbons (Fsp3) is 0.483. The number of benzene rings is 2. The summed E-state index contributed by atoms with van der Waals surface area (Å²) >= 11 is 0. The number of nitrogens with one attached hydrogen (secondary N) is 3. The van der Waals surface area contributed by atoms with Crippen molar-refractivity contribution in [3.63, 3.8) is 0 Å². The number of fused-ring (bicyclic) bond motifs is 1. The molecule has 15 heteroatoms. The van der Waals surface area contributed by atoms with Crippen molar-refractivity contribution in [3.8, 4) is 11.5 Å². The number of carbonyl (C=O) groups is 1. The molecule has 240 valence electrons. The number of carboxylic acid groups (broad SMARTS) is 1. The first-order valence-corrected chi connectivity index (χ1v) is 15.7. The minimum atomic E-state index is -5.08. The van der Waals surface area contributed by atoms with Gasteiger partial charge in [-0.3, -0.25) is 0 Å². The van der Waals surface area contributed by atoms with Gasteiger partial charge in [0.1, 0.15) is 22.2 Å². The lowest BCUT2D eigenvalue weighted by Crippen LogP contribution is -2.32. The van der Waals surface area contributed by atoms with Crippen molar-refractivity contribution in [2.24, 2.45) is 11.8 Å². The minimum absolute atomic E-state index is 0.0955. The first kappa shape index (κ1) is 33.1. The number of anilines is 2. The summed E-state index contributed by atoms with van der Waals surface area (Å²) in [5.41, 5.74) is 0.937. The van der Waals surface area contributed by atoms with Crippen molar-refractivity contribution >= 4 is 38.7 Å².